The summed E-state index contributed by atoms with van der Waals surface area (Å²) in [6, 6.07) is 3.12. The van der Waals surface area contributed by atoms with Crippen LogP contribution in [0.3, 0.4) is 0 Å². The summed E-state index contributed by atoms with van der Waals surface area (Å²) < 4.78 is 51.9. The molecule has 2 aliphatic heterocycles. The van der Waals surface area contributed by atoms with Crippen molar-refractivity contribution in [2.24, 2.45) is 18.9 Å². The lowest BCUT2D eigenvalue weighted by molar-refractivity contribution is -0.141. The third-order valence-corrected chi connectivity index (χ3v) is 6.78. The van der Waals surface area contributed by atoms with Gasteiger partial charge < -0.3 is 14.6 Å². The van der Waals surface area contributed by atoms with Gasteiger partial charge in [0.2, 0.25) is 5.88 Å². The molecule has 5 rings (SSSR count). The van der Waals surface area contributed by atoms with Crippen LogP contribution in [0.5, 0.6) is 11.6 Å². The van der Waals surface area contributed by atoms with Gasteiger partial charge in [0.1, 0.15) is 17.1 Å². The third-order valence-electron chi connectivity index (χ3n) is 6.78. The fourth-order valence-corrected chi connectivity index (χ4v) is 5.52. The highest BCUT2D eigenvalue weighted by Crippen LogP contribution is 2.54. The average molecular weight is 462 g/mol. The number of aliphatic hydroxyl groups is 1. The van der Waals surface area contributed by atoms with Gasteiger partial charge in [0.05, 0.1) is 29.6 Å². The van der Waals surface area contributed by atoms with Crippen LogP contribution in [-0.4, -0.2) is 39.2 Å². The van der Waals surface area contributed by atoms with Crippen molar-refractivity contribution in [2.45, 2.75) is 45.1 Å². The van der Waals surface area contributed by atoms with E-state index in [4.69, 9.17) is 9.47 Å². The number of rotatable bonds is 4. The lowest BCUT2D eigenvalue weighted by atomic mass is 9.80. The Morgan fingerprint density at radius 3 is 2.33 bits per heavy atom. The molecule has 1 aliphatic carbocycles. The number of aryl methyl sites for hydroxylation is 3. The molecule has 0 unspecified atom stereocenters. The van der Waals surface area contributed by atoms with Crippen molar-refractivity contribution in [2.75, 3.05) is 0 Å². The third kappa shape index (κ3) is 3.11. The number of hydrogen-bond acceptors (Lipinski definition) is 6. The highest BCUT2D eigenvalue weighted by atomic mass is 19.4. The van der Waals surface area contributed by atoms with Crippen LogP contribution in [0.15, 0.2) is 17.9 Å². The number of allylic oxidation sites excluding steroid dienone is 1. The van der Waals surface area contributed by atoms with Crippen LogP contribution in [0, 0.1) is 25.7 Å². The first-order valence-corrected chi connectivity index (χ1v) is 10.5. The molecule has 0 spiro atoms. The lowest BCUT2D eigenvalue weighted by Gasteiger charge is -2.19. The van der Waals surface area contributed by atoms with Gasteiger partial charge in [0.15, 0.2) is 17.8 Å². The number of carbonyl (C=O) groups excluding carboxylic acids is 2. The number of Topliss-reactive ketones (excluding diaryl/α,β-unsaturated/α-hetero) is 1. The number of fused-ring (bicyclic) bond motifs is 5. The quantitative estimate of drug-likeness (QED) is 0.682. The van der Waals surface area contributed by atoms with Crippen molar-refractivity contribution < 1.29 is 37.3 Å². The number of hydrogen-bond donors (Lipinski definition) is 1. The molecule has 1 aromatic carbocycles. The summed E-state index contributed by atoms with van der Waals surface area (Å²) in [5.74, 6) is -0.963. The van der Waals surface area contributed by atoms with E-state index in [0.29, 0.717) is 16.7 Å². The van der Waals surface area contributed by atoms with Crippen molar-refractivity contribution in [3.63, 3.8) is 0 Å². The Morgan fingerprint density at radius 1 is 1.18 bits per heavy atom. The zero-order chi connectivity index (χ0) is 23.8. The van der Waals surface area contributed by atoms with Gasteiger partial charge in [-0.25, -0.2) is 4.68 Å². The molecule has 174 valence electrons. The standard InChI is InChI=1S/C23H21F3N2O5/c1-9-6-11(32-22-12(8-29)21(23(24,25)26)27-28(22)3)7-10(2)15(9)18-19(30)16-13-4-5-14(33-13)17(16)20(18)31/h6-8,13-14,16-17,30H,4-5H2,1-3H3/t13-,14+,16+,17-/m0/s1. The van der Waals surface area contributed by atoms with Crippen LogP contribution in [0.25, 0.3) is 5.57 Å². The van der Waals surface area contributed by atoms with Crippen LogP contribution in [0.4, 0.5) is 13.2 Å². The van der Waals surface area contributed by atoms with Crippen molar-refractivity contribution in [1.82, 2.24) is 9.78 Å². The molecule has 0 amide bonds. The van der Waals surface area contributed by atoms with E-state index in [1.165, 1.54) is 7.05 Å². The largest absolute Gasteiger partial charge is 0.511 e. The van der Waals surface area contributed by atoms with Crippen LogP contribution < -0.4 is 4.74 Å². The Labute approximate surface area is 186 Å². The van der Waals surface area contributed by atoms with E-state index in [9.17, 15) is 27.9 Å². The maximum atomic E-state index is 13.2. The summed E-state index contributed by atoms with van der Waals surface area (Å²) in [4.78, 5) is 24.6. The summed E-state index contributed by atoms with van der Waals surface area (Å²) in [5, 5.41) is 14.3. The smallest absolute Gasteiger partial charge is 0.436 e. The number of halogens is 3. The van der Waals surface area contributed by atoms with Crippen LogP contribution in [0.2, 0.25) is 0 Å². The Kier molecular flexibility index (Phi) is 4.72. The molecule has 1 aromatic heterocycles. The van der Waals surface area contributed by atoms with Gasteiger partial charge in [-0.15, -0.1) is 0 Å². The summed E-state index contributed by atoms with van der Waals surface area (Å²) in [6.45, 7) is 3.46. The Balaban J connectivity index is 1.52. The molecule has 4 atom stereocenters. The second-order valence-corrected chi connectivity index (χ2v) is 8.81. The molecular formula is C23H21F3N2O5. The molecule has 1 N–H and O–H groups in total. The summed E-state index contributed by atoms with van der Waals surface area (Å²) in [7, 11) is 1.25. The Hall–Kier alpha value is -3.14. The van der Waals surface area contributed by atoms with Gasteiger partial charge in [0, 0.05) is 7.05 Å². The number of alkyl halides is 3. The van der Waals surface area contributed by atoms with E-state index in [2.05, 4.69) is 5.10 Å². The number of ether oxygens (including phenoxy) is 2. The number of aromatic nitrogens is 2. The molecular weight excluding hydrogens is 441 g/mol. The minimum absolute atomic E-state index is 0.0433. The fraction of sp³-hybridized carbons (Fsp3) is 0.435. The maximum absolute atomic E-state index is 13.2. The molecule has 2 saturated heterocycles. The van der Waals surface area contributed by atoms with E-state index in [1.807, 2.05) is 0 Å². The molecule has 2 bridgehead atoms. The number of nitrogens with zero attached hydrogens (tertiary/aromatic N) is 2. The Morgan fingerprint density at radius 2 is 1.79 bits per heavy atom. The van der Waals surface area contributed by atoms with Gasteiger partial charge in [0.25, 0.3) is 0 Å². The summed E-state index contributed by atoms with van der Waals surface area (Å²) in [5.41, 5.74) is 0.0579. The molecule has 10 heteroatoms. The first-order valence-electron chi connectivity index (χ1n) is 10.5. The topological polar surface area (TPSA) is 90.6 Å². The molecule has 0 radical (unpaired) electrons. The van der Waals surface area contributed by atoms with E-state index < -0.39 is 17.4 Å². The number of aldehydes is 1. The number of ketones is 1. The molecule has 7 nitrogen and oxygen atoms in total. The van der Waals surface area contributed by atoms with Crippen molar-refractivity contribution in [3.05, 3.63) is 45.8 Å². The molecule has 3 heterocycles. The molecule has 2 fully saturated rings. The predicted octanol–water partition coefficient (Wildman–Crippen LogP) is 4.31. The summed E-state index contributed by atoms with van der Waals surface area (Å²) in [6.07, 6.45) is -3.46. The predicted molar refractivity (Wildman–Crippen MR) is 109 cm³/mol. The zero-order valence-electron chi connectivity index (χ0n) is 18.1. The lowest BCUT2D eigenvalue weighted by Crippen LogP contribution is -2.29. The van der Waals surface area contributed by atoms with Gasteiger partial charge >= 0.3 is 6.18 Å². The minimum atomic E-state index is -4.81. The van der Waals surface area contributed by atoms with Crippen LogP contribution in [0.1, 0.15) is 45.6 Å². The first kappa shape index (κ1) is 21.7. The molecule has 0 saturated carbocycles. The Bertz CT molecular complexity index is 1210. The number of carbonyl (C=O) groups is 2. The van der Waals surface area contributed by atoms with E-state index in [1.54, 1.807) is 26.0 Å². The van der Waals surface area contributed by atoms with Gasteiger partial charge in [-0.05, 0) is 55.5 Å². The number of aliphatic hydroxyl groups excluding tert-OH is 1. The van der Waals surface area contributed by atoms with E-state index >= 15 is 0 Å². The van der Waals surface area contributed by atoms with Gasteiger partial charge in [-0.1, -0.05) is 0 Å². The van der Waals surface area contributed by atoms with Crippen LogP contribution >= 0.6 is 0 Å². The SMILES string of the molecule is Cc1cc(Oc2c(C=O)c(C(F)(F)F)nn2C)cc(C)c1C1=C(O)[C@H]2[C@@H](C1=O)[C@H]1CC[C@@H]2O1. The highest BCUT2D eigenvalue weighted by Gasteiger charge is 2.59. The van der Waals surface area contributed by atoms with Crippen LogP contribution in [-0.2, 0) is 22.8 Å². The van der Waals surface area contributed by atoms with Gasteiger partial charge in [-0.2, -0.15) is 18.3 Å². The van der Waals surface area contributed by atoms with Crippen molar-refractivity contribution in [1.29, 1.82) is 0 Å². The monoisotopic (exact) mass is 462 g/mol. The number of benzene rings is 1. The van der Waals surface area contributed by atoms with Crippen molar-refractivity contribution >= 4 is 17.6 Å². The fourth-order valence-electron chi connectivity index (χ4n) is 5.52. The molecule has 3 aliphatic rings. The molecule has 2 aromatic rings. The zero-order valence-corrected chi connectivity index (χ0v) is 18.1. The van der Waals surface area contributed by atoms with E-state index in [0.717, 1.165) is 17.5 Å². The average Bonchev–Trinajstić information content (AvgIpc) is 3.47. The molecule has 33 heavy (non-hydrogen) atoms. The van der Waals surface area contributed by atoms with Crippen molar-refractivity contribution in [3.8, 4) is 11.6 Å². The normalized spacial score (nSPS) is 26.3. The minimum Gasteiger partial charge on any atom is -0.511 e. The van der Waals surface area contributed by atoms with E-state index in [-0.39, 0.29) is 59.1 Å². The second kappa shape index (κ2) is 7.18. The van der Waals surface area contributed by atoms with Gasteiger partial charge in [-0.3, -0.25) is 9.59 Å². The maximum Gasteiger partial charge on any atom is 0.436 e. The summed E-state index contributed by atoms with van der Waals surface area (Å²) >= 11 is 0. The first-order chi connectivity index (χ1) is 15.5. The second-order valence-electron chi connectivity index (χ2n) is 8.81. The highest BCUT2D eigenvalue weighted by molar-refractivity contribution is 6.26.